The van der Waals surface area contributed by atoms with Crippen LogP contribution in [0.25, 0.3) is 0 Å². The van der Waals surface area contributed by atoms with Crippen molar-refractivity contribution in [1.29, 1.82) is 0 Å². The largest absolute Gasteiger partial charge is 0.402 e. The summed E-state index contributed by atoms with van der Waals surface area (Å²) in [4.78, 5) is 22.5. The van der Waals surface area contributed by atoms with Crippen molar-refractivity contribution in [3.05, 3.63) is 30.3 Å². The maximum absolute atomic E-state index is 11.3. The first-order valence-corrected chi connectivity index (χ1v) is 5.91. The molecule has 1 saturated heterocycles. The maximum Gasteiger partial charge on any atom is 0.330 e. The van der Waals surface area contributed by atoms with Gasteiger partial charge in [-0.15, -0.1) is 0 Å². The van der Waals surface area contributed by atoms with Gasteiger partial charge in [-0.3, -0.25) is 14.9 Å². The molecule has 0 amide bonds. The highest BCUT2D eigenvalue weighted by atomic mass is 31.2. The van der Waals surface area contributed by atoms with Gasteiger partial charge in [-0.05, 0) is 12.1 Å². The number of hydrogen-bond acceptors (Lipinski definition) is 5. The molecule has 1 fully saturated rings. The molecule has 1 aromatic carbocycles. The van der Waals surface area contributed by atoms with Crippen LogP contribution in [0.1, 0.15) is 0 Å². The van der Waals surface area contributed by atoms with Crippen LogP contribution in [0.5, 0.6) is 0 Å². The second-order valence-corrected chi connectivity index (χ2v) is 4.52. The van der Waals surface area contributed by atoms with Crippen LogP contribution in [-0.2, 0) is 18.6 Å². The van der Waals surface area contributed by atoms with Gasteiger partial charge in [0.1, 0.15) is 0 Å². The standard InChI is InChI=1S/C10H10NO4P/c12-9-6-11-7-10(13)15-16(14-9)8-4-2-1-3-5-8/h1-5,11H,6-7H2. The summed E-state index contributed by atoms with van der Waals surface area (Å²) in [6, 6.07) is 8.98. The van der Waals surface area contributed by atoms with Crippen LogP contribution in [0.4, 0.5) is 0 Å². The summed E-state index contributed by atoms with van der Waals surface area (Å²) in [6.45, 7) is 0.0571. The minimum Gasteiger partial charge on any atom is -0.402 e. The fraction of sp³-hybridized carbons (Fsp3) is 0.200. The number of benzene rings is 1. The number of carbonyl (C=O) groups is 2. The van der Waals surface area contributed by atoms with Gasteiger partial charge in [0.15, 0.2) is 0 Å². The second kappa shape index (κ2) is 5.05. The quantitative estimate of drug-likeness (QED) is 0.715. The lowest BCUT2D eigenvalue weighted by atomic mass is 10.4. The average Bonchev–Trinajstić information content (AvgIpc) is 2.27. The summed E-state index contributed by atoms with van der Waals surface area (Å²) in [6.07, 6.45) is 0. The third-order valence-electron chi connectivity index (χ3n) is 1.88. The van der Waals surface area contributed by atoms with Crippen LogP contribution < -0.4 is 10.6 Å². The Labute approximate surface area is 93.7 Å². The molecular weight excluding hydrogens is 229 g/mol. The zero-order chi connectivity index (χ0) is 11.4. The van der Waals surface area contributed by atoms with Gasteiger partial charge in [-0.1, -0.05) is 18.2 Å². The SMILES string of the molecule is O=C1CNCC(=O)OP(c2ccccc2)O1. The predicted octanol–water partition coefficient (Wildman–Crippen LogP) is 0.313. The summed E-state index contributed by atoms with van der Waals surface area (Å²) in [5.41, 5.74) is 0. The van der Waals surface area contributed by atoms with E-state index in [1.54, 1.807) is 24.3 Å². The summed E-state index contributed by atoms with van der Waals surface area (Å²) in [5.74, 6) is -0.829. The van der Waals surface area contributed by atoms with Crippen LogP contribution >= 0.6 is 8.38 Å². The molecule has 84 valence electrons. The molecule has 1 heterocycles. The lowest BCUT2D eigenvalue weighted by Gasteiger charge is -2.19. The topological polar surface area (TPSA) is 64.6 Å². The predicted molar refractivity (Wildman–Crippen MR) is 58.0 cm³/mol. The number of nitrogens with one attached hydrogen (secondary N) is 1. The van der Waals surface area contributed by atoms with Crippen LogP contribution in [0, 0.1) is 0 Å². The smallest absolute Gasteiger partial charge is 0.330 e. The summed E-state index contributed by atoms with van der Waals surface area (Å²) < 4.78 is 10.1. The monoisotopic (exact) mass is 239 g/mol. The van der Waals surface area contributed by atoms with E-state index >= 15 is 0 Å². The molecule has 0 aliphatic carbocycles. The molecule has 0 atom stereocenters. The first kappa shape index (κ1) is 11.0. The van der Waals surface area contributed by atoms with Crippen molar-refractivity contribution >= 4 is 25.6 Å². The van der Waals surface area contributed by atoms with Crippen molar-refractivity contribution < 1.29 is 18.6 Å². The van der Waals surface area contributed by atoms with E-state index in [9.17, 15) is 9.59 Å². The maximum atomic E-state index is 11.3. The molecule has 1 aliphatic rings. The summed E-state index contributed by atoms with van der Waals surface area (Å²) >= 11 is 0. The highest BCUT2D eigenvalue weighted by Crippen LogP contribution is 2.37. The van der Waals surface area contributed by atoms with Crippen LogP contribution in [0.3, 0.4) is 0 Å². The number of rotatable bonds is 1. The molecule has 0 aromatic heterocycles. The van der Waals surface area contributed by atoms with Crippen molar-refractivity contribution in [3.63, 3.8) is 0 Å². The third-order valence-corrected chi connectivity index (χ3v) is 3.33. The van der Waals surface area contributed by atoms with Gasteiger partial charge in [0.2, 0.25) is 0 Å². The van der Waals surface area contributed by atoms with Crippen LogP contribution in [0.15, 0.2) is 30.3 Å². The minimum absolute atomic E-state index is 0.0285. The highest BCUT2D eigenvalue weighted by Gasteiger charge is 2.25. The van der Waals surface area contributed by atoms with Crippen LogP contribution in [0.2, 0.25) is 0 Å². The van der Waals surface area contributed by atoms with E-state index in [1.165, 1.54) is 0 Å². The first-order valence-electron chi connectivity index (χ1n) is 4.73. The van der Waals surface area contributed by atoms with Gasteiger partial charge in [-0.2, -0.15) is 0 Å². The van der Waals surface area contributed by atoms with E-state index in [0.29, 0.717) is 5.30 Å². The molecule has 1 aliphatic heterocycles. The molecule has 0 radical (unpaired) electrons. The van der Waals surface area contributed by atoms with Gasteiger partial charge >= 0.3 is 20.3 Å². The zero-order valence-corrected chi connectivity index (χ0v) is 9.28. The Morgan fingerprint density at radius 1 is 1.00 bits per heavy atom. The van der Waals surface area contributed by atoms with Gasteiger partial charge in [0.05, 0.1) is 18.4 Å². The first-order chi connectivity index (χ1) is 7.75. The van der Waals surface area contributed by atoms with E-state index in [4.69, 9.17) is 9.05 Å². The normalized spacial score (nSPS) is 18.2. The molecule has 0 saturated carbocycles. The zero-order valence-electron chi connectivity index (χ0n) is 8.38. The Hall–Kier alpha value is -1.45. The molecule has 2 rings (SSSR count). The fourth-order valence-corrected chi connectivity index (χ4v) is 2.35. The third kappa shape index (κ3) is 2.78. The lowest BCUT2D eigenvalue weighted by molar-refractivity contribution is -0.138. The van der Waals surface area contributed by atoms with E-state index < -0.39 is 20.3 Å². The highest BCUT2D eigenvalue weighted by molar-refractivity contribution is 7.57. The van der Waals surface area contributed by atoms with Crippen LogP contribution in [-0.4, -0.2) is 25.0 Å². The van der Waals surface area contributed by atoms with Crippen molar-refractivity contribution in [1.82, 2.24) is 5.32 Å². The molecule has 0 bridgehead atoms. The Bertz CT molecular complexity index is 377. The van der Waals surface area contributed by atoms with Crippen molar-refractivity contribution in [2.24, 2.45) is 0 Å². The molecule has 5 nitrogen and oxygen atoms in total. The van der Waals surface area contributed by atoms with E-state index in [2.05, 4.69) is 5.32 Å². The average molecular weight is 239 g/mol. The van der Waals surface area contributed by atoms with Gasteiger partial charge in [0, 0.05) is 0 Å². The lowest BCUT2D eigenvalue weighted by Crippen LogP contribution is -2.33. The molecule has 0 unspecified atom stereocenters. The Morgan fingerprint density at radius 2 is 1.56 bits per heavy atom. The molecule has 6 heteroatoms. The number of hydrogen-bond donors (Lipinski definition) is 1. The Morgan fingerprint density at radius 3 is 2.12 bits per heavy atom. The van der Waals surface area contributed by atoms with Crippen molar-refractivity contribution in [3.8, 4) is 0 Å². The molecule has 0 spiro atoms. The Kier molecular flexibility index (Phi) is 3.49. The van der Waals surface area contributed by atoms with Crippen molar-refractivity contribution in [2.75, 3.05) is 13.1 Å². The molecular formula is C10H10NO4P. The van der Waals surface area contributed by atoms with Crippen molar-refractivity contribution in [2.45, 2.75) is 0 Å². The van der Waals surface area contributed by atoms with E-state index in [1.807, 2.05) is 6.07 Å². The number of carbonyl (C=O) groups excluding carboxylic acids is 2. The molecule has 1 aromatic rings. The van der Waals surface area contributed by atoms with Gasteiger partial charge in [0.25, 0.3) is 0 Å². The Balaban J connectivity index is 2.16. The minimum atomic E-state index is -1.63. The van der Waals surface area contributed by atoms with E-state index in [-0.39, 0.29) is 13.1 Å². The van der Waals surface area contributed by atoms with Gasteiger partial charge < -0.3 is 9.05 Å². The second-order valence-electron chi connectivity index (χ2n) is 3.12. The molecule has 16 heavy (non-hydrogen) atoms. The fourth-order valence-electron chi connectivity index (χ4n) is 1.19. The van der Waals surface area contributed by atoms with Gasteiger partial charge in [-0.25, -0.2) is 0 Å². The van der Waals surface area contributed by atoms with E-state index in [0.717, 1.165) is 0 Å². The molecule has 1 N–H and O–H groups in total. The summed E-state index contributed by atoms with van der Waals surface area (Å²) in [7, 11) is -1.63. The summed E-state index contributed by atoms with van der Waals surface area (Å²) in [5, 5.41) is 3.33.